The van der Waals surface area contributed by atoms with Crippen LogP contribution in [0.4, 0.5) is 0 Å². The highest BCUT2D eigenvalue weighted by atomic mass is 16.7. The second kappa shape index (κ2) is 5.16. The number of aryl methyl sites for hydroxylation is 1. The summed E-state index contributed by atoms with van der Waals surface area (Å²) >= 11 is 0. The number of nitrogens with one attached hydrogen (secondary N) is 1. The van der Waals surface area contributed by atoms with Crippen LogP contribution in [0.1, 0.15) is 11.1 Å². The zero-order valence-electron chi connectivity index (χ0n) is 10.9. The van der Waals surface area contributed by atoms with Gasteiger partial charge in [-0.05, 0) is 30.5 Å². The second-order valence-electron chi connectivity index (χ2n) is 4.99. The van der Waals surface area contributed by atoms with Gasteiger partial charge in [0.15, 0.2) is 11.5 Å². The van der Waals surface area contributed by atoms with Crippen molar-refractivity contribution >= 4 is 0 Å². The summed E-state index contributed by atoms with van der Waals surface area (Å²) in [5.41, 5.74) is 2.52. The van der Waals surface area contributed by atoms with E-state index in [-0.39, 0.29) is 0 Å². The molecule has 0 bridgehead atoms. The fraction of sp³-hybridized carbons (Fsp3) is 0.571. The highest BCUT2D eigenvalue weighted by Crippen LogP contribution is 2.36. The average molecular weight is 248 g/mol. The predicted octanol–water partition coefficient (Wildman–Crippen LogP) is 1.17. The topological polar surface area (TPSA) is 33.7 Å². The predicted molar refractivity (Wildman–Crippen MR) is 70.3 cm³/mol. The lowest BCUT2D eigenvalue weighted by Crippen LogP contribution is -2.44. The van der Waals surface area contributed by atoms with E-state index in [1.807, 2.05) is 0 Å². The van der Waals surface area contributed by atoms with E-state index < -0.39 is 0 Å². The number of nitrogens with zero attached hydrogens (tertiary/aromatic N) is 1. The number of hydrogen-bond acceptors (Lipinski definition) is 4. The van der Waals surface area contributed by atoms with Crippen molar-refractivity contribution in [1.29, 1.82) is 0 Å². The molecule has 3 rings (SSSR count). The van der Waals surface area contributed by atoms with Crippen LogP contribution in [0.5, 0.6) is 11.5 Å². The SMILES string of the molecule is Cc1cc(CCN2CCNCC2)cc2c1OCO2. The number of rotatable bonds is 3. The van der Waals surface area contributed by atoms with Crippen molar-refractivity contribution in [3.05, 3.63) is 23.3 Å². The molecule has 2 aliphatic heterocycles. The largest absolute Gasteiger partial charge is 0.454 e. The zero-order chi connectivity index (χ0) is 12.4. The molecule has 0 radical (unpaired) electrons. The third-order valence-electron chi connectivity index (χ3n) is 3.64. The second-order valence-corrected chi connectivity index (χ2v) is 4.99. The van der Waals surface area contributed by atoms with E-state index >= 15 is 0 Å². The minimum Gasteiger partial charge on any atom is -0.454 e. The molecule has 2 aliphatic rings. The Bertz CT molecular complexity index is 428. The number of hydrogen-bond donors (Lipinski definition) is 1. The van der Waals surface area contributed by atoms with E-state index in [4.69, 9.17) is 9.47 Å². The normalized spacial score (nSPS) is 19.2. The van der Waals surface area contributed by atoms with Crippen LogP contribution in [-0.2, 0) is 6.42 Å². The van der Waals surface area contributed by atoms with Crippen molar-refractivity contribution < 1.29 is 9.47 Å². The quantitative estimate of drug-likeness (QED) is 0.870. The maximum Gasteiger partial charge on any atom is 0.231 e. The first-order chi connectivity index (χ1) is 8.83. The molecule has 4 nitrogen and oxygen atoms in total. The van der Waals surface area contributed by atoms with Crippen LogP contribution in [0.25, 0.3) is 0 Å². The molecule has 0 spiro atoms. The Balaban J connectivity index is 1.64. The highest BCUT2D eigenvalue weighted by Gasteiger charge is 2.17. The van der Waals surface area contributed by atoms with Crippen molar-refractivity contribution in [1.82, 2.24) is 10.2 Å². The van der Waals surface area contributed by atoms with Crippen LogP contribution < -0.4 is 14.8 Å². The Hall–Kier alpha value is -1.26. The first-order valence-corrected chi connectivity index (χ1v) is 6.65. The Kier molecular flexibility index (Phi) is 3.39. The van der Waals surface area contributed by atoms with Crippen molar-refractivity contribution in [2.75, 3.05) is 39.5 Å². The average Bonchev–Trinajstić information content (AvgIpc) is 2.86. The number of ether oxygens (including phenoxy) is 2. The van der Waals surface area contributed by atoms with Crippen LogP contribution in [0.2, 0.25) is 0 Å². The smallest absolute Gasteiger partial charge is 0.231 e. The first kappa shape index (κ1) is 11.8. The summed E-state index contributed by atoms with van der Waals surface area (Å²) in [6.07, 6.45) is 1.08. The number of piperazine rings is 1. The van der Waals surface area contributed by atoms with Gasteiger partial charge in [-0.3, -0.25) is 0 Å². The van der Waals surface area contributed by atoms with E-state index in [9.17, 15) is 0 Å². The van der Waals surface area contributed by atoms with Gasteiger partial charge in [-0.25, -0.2) is 0 Å². The zero-order valence-corrected chi connectivity index (χ0v) is 10.9. The molecule has 18 heavy (non-hydrogen) atoms. The summed E-state index contributed by atoms with van der Waals surface area (Å²) < 4.78 is 10.9. The summed E-state index contributed by atoms with van der Waals surface area (Å²) in [7, 11) is 0. The van der Waals surface area contributed by atoms with Crippen LogP contribution in [0.15, 0.2) is 12.1 Å². The Morgan fingerprint density at radius 2 is 2.06 bits per heavy atom. The summed E-state index contributed by atoms with van der Waals surface area (Å²) in [5, 5.41) is 3.38. The monoisotopic (exact) mass is 248 g/mol. The summed E-state index contributed by atoms with van der Waals surface area (Å²) in [5.74, 6) is 1.83. The molecular formula is C14H20N2O2. The first-order valence-electron chi connectivity index (χ1n) is 6.65. The minimum atomic E-state index is 0.359. The van der Waals surface area contributed by atoms with Gasteiger partial charge in [0.1, 0.15) is 0 Å². The molecule has 1 aromatic rings. The molecule has 1 fully saturated rings. The third kappa shape index (κ3) is 2.44. The standard InChI is InChI=1S/C14H20N2O2/c1-11-8-12(9-13-14(11)18-10-17-13)2-5-16-6-3-15-4-7-16/h8-9,15H,2-7,10H2,1H3. The van der Waals surface area contributed by atoms with Gasteiger partial charge in [-0.15, -0.1) is 0 Å². The third-order valence-corrected chi connectivity index (χ3v) is 3.64. The molecule has 0 amide bonds. The summed E-state index contributed by atoms with van der Waals surface area (Å²) in [6.45, 7) is 8.10. The molecule has 1 aromatic carbocycles. The van der Waals surface area contributed by atoms with Gasteiger partial charge in [0.25, 0.3) is 0 Å². The lowest BCUT2D eigenvalue weighted by molar-refractivity contribution is 0.173. The van der Waals surface area contributed by atoms with Gasteiger partial charge in [0.05, 0.1) is 0 Å². The van der Waals surface area contributed by atoms with E-state index in [0.717, 1.165) is 50.6 Å². The number of fused-ring (bicyclic) bond motifs is 1. The Morgan fingerprint density at radius 3 is 2.89 bits per heavy atom. The fourth-order valence-corrected chi connectivity index (χ4v) is 2.62. The van der Waals surface area contributed by atoms with Gasteiger partial charge in [-0.2, -0.15) is 0 Å². The summed E-state index contributed by atoms with van der Waals surface area (Å²) in [4.78, 5) is 2.51. The van der Waals surface area contributed by atoms with Crippen LogP contribution in [0.3, 0.4) is 0 Å². The van der Waals surface area contributed by atoms with Gasteiger partial charge >= 0.3 is 0 Å². The molecular weight excluding hydrogens is 228 g/mol. The van der Waals surface area contributed by atoms with Gasteiger partial charge in [0, 0.05) is 32.7 Å². The molecule has 98 valence electrons. The highest BCUT2D eigenvalue weighted by molar-refractivity contribution is 5.50. The number of benzene rings is 1. The van der Waals surface area contributed by atoms with E-state index in [1.54, 1.807) is 0 Å². The van der Waals surface area contributed by atoms with Crippen LogP contribution in [0, 0.1) is 6.92 Å². The van der Waals surface area contributed by atoms with E-state index in [0.29, 0.717) is 6.79 Å². The molecule has 1 saturated heterocycles. The maximum atomic E-state index is 5.47. The van der Waals surface area contributed by atoms with E-state index in [2.05, 4.69) is 29.3 Å². The van der Waals surface area contributed by atoms with Crippen LogP contribution in [-0.4, -0.2) is 44.4 Å². The molecule has 0 saturated carbocycles. The molecule has 0 atom stereocenters. The molecule has 0 aromatic heterocycles. The molecule has 1 N–H and O–H groups in total. The van der Waals surface area contributed by atoms with Crippen molar-refractivity contribution in [2.45, 2.75) is 13.3 Å². The van der Waals surface area contributed by atoms with E-state index in [1.165, 1.54) is 11.1 Å². The lowest BCUT2D eigenvalue weighted by Gasteiger charge is -2.27. The maximum absolute atomic E-state index is 5.47. The molecule has 4 heteroatoms. The Morgan fingerprint density at radius 1 is 1.22 bits per heavy atom. The molecule has 2 heterocycles. The molecule has 0 unspecified atom stereocenters. The fourth-order valence-electron chi connectivity index (χ4n) is 2.62. The molecule has 0 aliphatic carbocycles. The minimum absolute atomic E-state index is 0.359. The Labute approximate surface area is 108 Å². The van der Waals surface area contributed by atoms with Crippen LogP contribution >= 0.6 is 0 Å². The van der Waals surface area contributed by atoms with Crippen molar-refractivity contribution in [2.24, 2.45) is 0 Å². The lowest BCUT2D eigenvalue weighted by atomic mass is 10.1. The van der Waals surface area contributed by atoms with Crippen molar-refractivity contribution in [3.63, 3.8) is 0 Å². The van der Waals surface area contributed by atoms with Gasteiger partial charge in [0.2, 0.25) is 6.79 Å². The van der Waals surface area contributed by atoms with Gasteiger partial charge in [-0.1, -0.05) is 6.07 Å². The summed E-state index contributed by atoms with van der Waals surface area (Å²) in [6, 6.07) is 4.34. The van der Waals surface area contributed by atoms with Gasteiger partial charge < -0.3 is 19.7 Å². The van der Waals surface area contributed by atoms with Crippen molar-refractivity contribution in [3.8, 4) is 11.5 Å².